The summed E-state index contributed by atoms with van der Waals surface area (Å²) >= 11 is 0. The lowest BCUT2D eigenvalue weighted by Crippen LogP contribution is -2.56. The molecule has 5 atom stereocenters. The van der Waals surface area contributed by atoms with Crippen LogP contribution < -0.4 is 16.0 Å². The van der Waals surface area contributed by atoms with Crippen molar-refractivity contribution >= 4 is 29.6 Å². The highest BCUT2D eigenvalue weighted by Crippen LogP contribution is 2.38. The van der Waals surface area contributed by atoms with Gasteiger partial charge in [-0.15, -0.1) is 0 Å². The van der Waals surface area contributed by atoms with Crippen LogP contribution in [-0.4, -0.2) is 77.5 Å². The lowest BCUT2D eigenvalue weighted by Gasteiger charge is -2.31. The van der Waals surface area contributed by atoms with Gasteiger partial charge in [-0.3, -0.25) is 19.2 Å². The molecule has 4 rings (SSSR count). The minimum atomic E-state index is -0.874. The Labute approximate surface area is 259 Å². The van der Waals surface area contributed by atoms with Crippen LogP contribution in [-0.2, 0) is 23.9 Å². The van der Waals surface area contributed by atoms with Crippen molar-refractivity contribution in [1.29, 1.82) is 0 Å². The van der Waals surface area contributed by atoms with Crippen LogP contribution in [0.3, 0.4) is 0 Å². The number of ether oxygens (including phenoxy) is 1. The summed E-state index contributed by atoms with van der Waals surface area (Å²) in [5.74, 6) is -1.28. The monoisotopic (exact) mass is 613 g/mol. The number of amides is 4. The Hall–Kier alpha value is -3.70. The summed E-state index contributed by atoms with van der Waals surface area (Å²) in [5, 5.41) is 12.5. The Morgan fingerprint density at radius 3 is 2.50 bits per heavy atom. The molecule has 3 fully saturated rings. The van der Waals surface area contributed by atoms with Crippen LogP contribution in [0.2, 0.25) is 0 Å². The molecule has 0 radical (unpaired) electrons. The quantitative estimate of drug-likeness (QED) is 0.240. The van der Waals surface area contributed by atoms with E-state index in [-0.39, 0.29) is 47.8 Å². The maximum atomic E-state index is 14.2. The fraction of sp³-hybridized carbons (Fsp3) is 0.688. The van der Waals surface area contributed by atoms with Gasteiger partial charge in [0.05, 0.1) is 6.61 Å². The molecule has 2 saturated heterocycles. The fourth-order valence-electron chi connectivity index (χ4n) is 6.71. The van der Waals surface area contributed by atoms with Crippen molar-refractivity contribution in [3.05, 3.63) is 29.7 Å². The molecular weight excluding hydrogens is 566 g/mol. The van der Waals surface area contributed by atoms with E-state index in [9.17, 15) is 24.0 Å². The van der Waals surface area contributed by atoms with E-state index < -0.39 is 30.0 Å². The molecule has 12 nitrogen and oxygen atoms in total. The zero-order chi connectivity index (χ0) is 31.8. The Morgan fingerprint density at radius 2 is 1.89 bits per heavy atom. The van der Waals surface area contributed by atoms with Gasteiger partial charge >= 0.3 is 5.97 Å². The van der Waals surface area contributed by atoms with Crippen LogP contribution in [0.5, 0.6) is 0 Å². The fourth-order valence-corrected chi connectivity index (χ4v) is 6.71. The third-order valence-electron chi connectivity index (χ3n) is 9.10. The summed E-state index contributed by atoms with van der Waals surface area (Å²) in [6.45, 7) is 8.31. The number of nitrogens with zero attached hydrogens (tertiary/aromatic N) is 2. The molecule has 1 aromatic rings. The van der Waals surface area contributed by atoms with Gasteiger partial charge in [0.1, 0.15) is 17.8 Å². The van der Waals surface area contributed by atoms with Crippen molar-refractivity contribution < 1.29 is 33.2 Å². The Bertz CT molecular complexity index is 1220. The van der Waals surface area contributed by atoms with Gasteiger partial charge in [0.25, 0.3) is 5.91 Å². The van der Waals surface area contributed by atoms with E-state index in [4.69, 9.17) is 9.26 Å². The second kappa shape index (κ2) is 15.3. The first kappa shape index (κ1) is 33.2. The predicted molar refractivity (Wildman–Crippen MR) is 161 cm³/mol. The highest BCUT2D eigenvalue weighted by Gasteiger charge is 2.45. The Kier molecular flexibility index (Phi) is 11.6. The minimum Gasteiger partial charge on any atom is -0.463 e. The molecule has 3 aliphatic rings. The van der Waals surface area contributed by atoms with Crippen LogP contribution >= 0.6 is 0 Å². The Balaban J connectivity index is 1.55. The number of esters is 1. The van der Waals surface area contributed by atoms with Gasteiger partial charge in [-0.1, -0.05) is 57.2 Å². The molecule has 0 bridgehead atoms. The van der Waals surface area contributed by atoms with Crippen molar-refractivity contribution in [2.24, 2.45) is 23.7 Å². The van der Waals surface area contributed by atoms with Gasteiger partial charge in [-0.2, -0.15) is 0 Å². The molecule has 2 aliphatic heterocycles. The second-order valence-corrected chi connectivity index (χ2v) is 12.7. The van der Waals surface area contributed by atoms with E-state index in [0.29, 0.717) is 44.0 Å². The molecule has 242 valence electrons. The molecule has 3 N–H and O–H groups in total. The summed E-state index contributed by atoms with van der Waals surface area (Å²) in [4.78, 5) is 67.2. The zero-order valence-corrected chi connectivity index (χ0v) is 26.3. The topological polar surface area (TPSA) is 160 Å². The SMILES string of the molecule is CCOC(=O)/C=C/[C@H](C[C@@H]1CCNC1=O)NC(=O)[C@@H]1C[C@@H](C2CCCCC2)CN1C(=O)[C@@H](NC(=O)c1cc(C)on1)C(C)C. The van der Waals surface area contributed by atoms with E-state index in [1.54, 1.807) is 24.8 Å². The first-order valence-corrected chi connectivity index (χ1v) is 16.0. The third-order valence-corrected chi connectivity index (χ3v) is 9.10. The van der Waals surface area contributed by atoms with Crippen molar-refractivity contribution in [1.82, 2.24) is 26.0 Å². The number of rotatable bonds is 12. The van der Waals surface area contributed by atoms with Gasteiger partial charge in [0.15, 0.2) is 5.69 Å². The molecule has 1 aliphatic carbocycles. The average Bonchev–Trinajstić information content (AvgIpc) is 3.75. The third kappa shape index (κ3) is 8.47. The van der Waals surface area contributed by atoms with E-state index in [2.05, 4.69) is 21.1 Å². The summed E-state index contributed by atoms with van der Waals surface area (Å²) in [7, 11) is 0. The molecule has 4 amide bonds. The highest BCUT2D eigenvalue weighted by atomic mass is 16.5. The lowest BCUT2D eigenvalue weighted by molar-refractivity contribution is -0.141. The number of aryl methyl sites for hydroxylation is 1. The molecule has 0 unspecified atom stereocenters. The van der Waals surface area contributed by atoms with Crippen molar-refractivity contribution in [3.8, 4) is 0 Å². The summed E-state index contributed by atoms with van der Waals surface area (Å²) in [5.41, 5.74) is 0.0870. The van der Waals surface area contributed by atoms with Gasteiger partial charge in [0, 0.05) is 37.2 Å². The van der Waals surface area contributed by atoms with Crippen LogP contribution in [0.25, 0.3) is 0 Å². The minimum absolute atomic E-state index is 0.0818. The van der Waals surface area contributed by atoms with E-state index in [0.717, 1.165) is 25.7 Å². The zero-order valence-electron chi connectivity index (χ0n) is 26.3. The van der Waals surface area contributed by atoms with Gasteiger partial charge in [0.2, 0.25) is 17.7 Å². The number of hydrogen-bond acceptors (Lipinski definition) is 8. The molecular formula is C32H47N5O7. The van der Waals surface area contributed by atoms with Gasteiger partial charge in [-0.25, -0.2) is 4.79 Å². The van der Waals surface area contributed by atoms with Crippen LogP contribution in [0.1, 0.15) is 88.4 Å². The largest absolute Gasteiger partial charge is 0.463 e. The molecule has 12 heteroatoms. The highest BCUT2D eigenvalue weighted by molar-refractivity contribution is 5.97. The summed E-state index contributed by atoms with van der Waals surface area (Å²) < 4.78 is 10.1. The number of likely N-dealkylation sites (tertiary alicyclic amines) is 1. The van der Waals surface area contributed by atoms with Gasteiger partial charge < -0.3 is 30.1 Å². The molecule has 44 heavy (non-hydrogen) atoms. The van der Waals surface area contributed by atoms with Crippen LogP contribution in [0, 0.1) is 30.6 Å². The van der Waals surface area contributed by atoms with Crippen molar-refractivity contribution in [2.45, 2.75) is 97.2 Å². The molecule has 0 spiro atoms. The number of carbonyl (C=O) groups is 5. The molecule has 0 aromatic carbocycles. The van der Waals surface area contributed by atoms with E-state index in [1.807, 2.05) is 13.8 Å². The number of hydrogen-bond donors (Lipinski definition) is 3. The lowest BCUT2D eigenvalue weighted by atomic mass is 9.79. The second-order valence-electron chi connectivity index (χ2n) is 12.7. The maximum Gasteiger partial charge on any atom is 0.330 e. The van der Waals surface area contributed by atoms with Crippen molar-refractivity contribution in [2.75, 3.05) is 19.7 Å². The standard InChI is InChI=1S/C32H47N5O7/c1-5-43-27(38)12-11-24(16-22-13-14-33-29(22)39)34-31(41)26-17-23(21-9-7-6-8-10-21)18-37(26)32(42)28(19(2)3)35-30(40)25-15-20(4)44-36-25/h11-12,15,19,21-24,26,28H,5-10,13-14,16-18H2,1-4H3,(H,33,39)(H,34,41)(H,35,40)/b12-11+/t22-,23+,24+,26-,28-/m0/s1. The van der Waals surface area contributed by atoms with Gasteiger partial charge in [-0.05, 0) is 50.9 Å². The smallest absolute Gasteiger partial charge is 0.330 e. The van der Waals surface area contributed by atoms with E-state index >= 15 is 0 Å². The molecule has 1 saturated carbocycles. The van der Waals surface area contributed by atoms with Crippen LogP contribution in [0.4, 0.5) is 0 Å². The molecule has 1 aromatic heterocycles. The number of aromatic nitrogens is 1. The first-order valence-electron chi connectivity index (χ1n) is 16.0. The van der Waals surface area contributed by atoms with E-state index in [1.165, 1.54) is 18.6 Å². The average molecular weight is 614 g/mol. The Morgan fingerprint density at radius 1 is 1.14 bits per heavy atom. The van der Waals surface area contributed by atoms with Crippen molar-refractivity contribution in [3.63, 3.8) is 0 Å². The first-order chi connectivity index (χ1) is 21.1. The summed E-state index contributed by atoms with van der Waals surface area (Å²) in [6.07, 6.45) is 9.92. The normalized spacial score (nSPS) is 23.9. The molecule has 3 heterocycles. The summed E-state index contributed by atoms with van der Waals surface area (Å²) in [6, 6.07) is -0.724. The predicted octanol–water partition coefficient (Wildman–Crippen LogP) is 2.67. The van der Waals surface area contributed by atoms with Crippen LogP contribution in [0.15, 0.2) is 22.7 Å². The number of nitrogens with one attached hydrogen (secondary N) is 3. The maximum absolute atomic E-state index is 14.2. The number of carbonyl (C=O) groups excluding carboxylic acids is 5.